The molecule has 1 aromatic rings. The van der Waals surface area contributed by atoms with Gasteiger partial charge in [-0.25, -0.2) is 0 Å². The monoisotopic (exact) mass is 192 g/mol. The molecule has 3 rings (SSSR count). The molecular formula is C11H12O3. The molecule has 0 amide bonds. The molecule has 2 aliphatic rings. The van der Waals surface area contributed by atoms with Crippen molar-refractivity contribution in [2.45, 2.75) is 12.5 Å². The quantitative estimate of drug-likeness (QED) is 0.637. The zero-order valence-corrected chi connectivity index (χ0v) is 7.86. The Hall–Kier alpha value is -1.22. The lowest BCUT2D eigenvalue weighted by atomic mass is 10.1. The molecule has 0 saturated carbocycles. The number of hydrogen-bond acceptors (Lipinski definition) is 3. The first kappa shape index (κ1) is 8.12. The molecule has 0 aromatic heterocycles. The van der Waals surface area contributed by atoms with Crippen molar-refractivity contribution in [2.24, 2.45) is 0 Å². The standard InChI is InChI=1S/C11H12O3/c1-4-12-9-3-2-8(11-7-14-11)6-10(9)13-5-1/h2-3,6,11H,1,4-5,7H2. The highest BCUT2D eigenvalue weighted by molar-refractivity contribution is 5.44. The van der Waals surface area contributed by atoms with E-state index in [-0.39, 0.29) is 6.10 Å². The molecular weight excluding hydrogens is 180 g/mol. The fourth-order valence-electron chi connectivity index (χ4n) is 1.62. The topological polar surface area (TPSA) is 31.0 Å². The number of rotatable bonds is 1. The van der Waals surface area contributed by atoms with Gasteiger partial charge >= 0.3 is 0 Å². The molecule has 0 spiro atoms. The van der Waals surface area contributed by atoms with Crippen LogP contribution in [0.2, 0.25) is 0 Å². The summed E-state index contributed by atoms with van der Waals surface area (Å²) in [6.07, 6.45) is 1.23. The summed E-state index contributed by atoms with van der Waals surface area (Å²) in [4.78, 5) is 0. The van der Waals surface area contributed by atoms with Gasteiger partial charge in [-0.3, -0.25) is 0 Å². The lowest BCUT2D eigenvalue weighted by molar-refractivity contribution is 0.297. The zero-order valence-electron chi connectivity index (χ0n) is 7.86. The van der Waals surface area contributed by atoms with Crippen molar-refractivity contribution in [1.29, 1.82) is 0 Å². The summed E-state index contributed by atoms with van der Waals surface area (Å²) in [5, 5.41) is 0. The maximum absolute atomic E-state index is 5.59. The highest BCUT2D eigenvalue weighted by atomic mass is 16.6. The largest absolute Gasteiger partial charge is 0.490 e. The summed E-state index contributed by atoms with van der Waals surface area (Å²) in [6, 6.07) is 6.04. The number of fused-ring (bicyclic) bond motifs is 1. The van der Waals surface area contributed by atoms with Gasteiger partial charge in [0.1, 0.15) is 6.10 Å². The van der Waals surface area contributed by atoms with Crippen molar-refractivity contribution < 1.29 is 14.2 Å². The molecule has 3 nitrogen and oxygen atoms in total. The predicted molar refractivity (Wildman–Crippen MR) is 50.7 cm³/mol. The first-order valence-electron chi connectivity index (χ1n) is 4.94. The molecule has 1 unspecified atom stereocenters. The summed E-state index contributed by atoms with van der Waals surface area (Å²) >= 11 is 0. The second-order valence-corrected chi connectivity index (χ2v) is 3.58. The van der Waals surface area contributed by atoms with Crippen LogP contribution in [0.5, 0.6) is 11.5 Å². The number of benzene rings is 1. The van der Waals surface area contributed by atoms with E-state index in [9.17, 15) is 0 Å². The Morgan fingerprint density at radius 1 is 1.07 bits per heavy atom. The van der Waals surface area contributed by atoms with Gasteiger partial charge in [-0.1, -0.05) is 6.07 Å². The van der Waals surface area contributed by atoms with E-state index in [0.717, 1.165) is 37.7 Å². The molecule has 2 aliphatic heterocycles. The first-order chi connectivity index (χ1) is 6.93. The van der Waals surface area contributed by atoms with Gasteiger partial charge in [0.05, 0.1) is 19.8 Å². The Morgan fingerprint density at radius 2 is 1.86 bits per heavy atom. The van der Waals surface area contributed by atoms with Crippen molar-refractivity contribution in [3.05, 3.63) is 23.8 Å². The van der Waals surface area contributed by atoms with Crippen LogP contribution in [0.25, 0.3) is 0 Å². The SMILES string of the molecule is c1cc2c(cc1C1CO1)OCCCO2. The highest BCUT2D eigenvalue weighted by Gasteiger charge is 2.26. The number of hydrogen-bond donors (Lipinski definition) is 0. The molecule has 1 aromatic carbocycles. The van der Waals surface area contributed by atoms with Gasteiger partial charge in [-0.15, -0.1) is 0 Å². The smallest absolute Gasteiger partial charge is 0.161 e. The van der Waals surface area contributed by atoms with E-state index < -0.39 is 0 Å². The number of ether oxygens (including phenoxy) is 3. The molecule has 1 fully saturated rings. The van der Waals surface area contributed by atoms with Crippen molar-refractivity contribution in [3.8, 4) is 11.5 Å². The molecule has 0 radical (unpaired) electrons. The molecule has 0 bridgehead atoms. The van der Waals surface area contributed by atoms with Gasteiger partial charge in [-0.2, -0.15) is 0 Å². The van der Waals surface area contributed by atoms with Crippen LogP contribution >= 0.6 is 0 Å². The van der Waals surface area contributed by atoms with E-state index in [4.69, 9.17) is 14.2 Å². The van der Waals surface area contributed by atoms with Crippen molar-refractivity contribution in [3.63, 3.8) is 0 Å². The third-order valence-electron chi connectivity index (χ3n) is 2.48. The third kappa shape index (κ3) is 1.44. The molecule has 74 valence electrons. The maximum Gasteiger partial charge on any atom is 0.161 e. The second kappa shape index (κ2) is 3.17. The van der Waals surface area contributed by atoms with Gasteiger partial charge in [0.2, 0.25) is 0 Å². The zero-order chi connectivity index (χ0) is 9.38. The summed E-state index contributed by atoms with van der Waals surface area (Å²) in [5.41, 5.74) is 1.19. The fraction of sp³-hybridized carbons (Fsp3) is 0.455. The van der Waals surface area contributed by atoms with Crippen LogP contribution < -0.4 is 9.47 Å². The minimum Gasteiger partial charge on any atom is -0.490 e. The van der Waals surface area contributed by atoms with Crippen molar-refractivity contribution in [2.75, 3.05) is 19.8 Å². The lowest BCUT2D eigenvalue weighted by Gasteiger charge is -2.07. The number of epoxide rings is 1. The van der Waals surface area contributed by atoms with Gasteiger partial charge in [0.25, 0.3) is 0 Å². The van der Waals surface area contributed by atoms with E-state index in [1.165, 1.54) is 5.56 Å². The van der Waals surface area contributed by atoms with Gasteiger partial charge in [0.15, 0.2) is 11.5 Å². The molecule has 0 aliphatic carbocycles. The minimum atomic E-state index is 0.284. The third-order valence-corrected chi connectivity index (χ3v) is 2.48. The van der Waals surface area contributed by atoms with Crippen LogP contribution in [-0.4, -0.2) is 19.8 Å². The Balaban J connectivity index is 1.94. The van der Waals surface area contributed by atoms with Gasteiger partial charge < -0.3 is 14.2 Å². The lowest BCUT2D eigenvalue weighted by Crippen LogP contribution is -1.97. The molecule has 1 atom stereocenters. The Kier molecular flexibility index (Phi) is 1.84. The second-order valence-electron chi connectivity index (χ2n) is 3.58. The van der Waals surface area contributed by atoms with Crippen LogP contribution in [0.4, 0.5) is 0 Å². The van der Waals surface area contributed by atoms with E-state index in [2.05, 4.69) is 0 Å². The summed E-state index contributed by atoms with van der Waals surface area (Å²) in [6.45, 7) is 2.31. The first-order valence-corrected chi connectivity index (χ1v) is 4.94. The fourth-order valence-corrected chi connectivity index (χ4v) is 1.62. The molecule has 0 N–H and O–H groups in total. The Morgan fingerprint density at radius 3 is 2.64 bits per heavy atom. The van der Waals surface area contributed by atoms with Crippen molar-refractivity contribution in [1.82, 2.24) is 0 Å². The van der Waals surface area contributed by atoms with E-state index in [1.54, 1.807) is 0 Å². The van der Waals surface area contributed by atoms with E-state index in [1.807, 2.05) is 18.2 Å². The summed E-state index contributed by atoms with van der Waals surface area (Å²) in [7, 11) is 0. The predicted octanol–water partition coefficient (Wildman–Crippen LogP) is 1.92. The van der Waals surface area contributed by atoms with Gasteiger partial charge in [-0.05, 0) is 17.7 Å². The van der Waals surface area contributed by atoms with Crippen LogP contribution in [-0.2, 0) is 4.74 Å². The molecule has 3 heteroatoms. The van der Waals surface area contributed by atoms with E-state index >= 15 is 0 Å². The van der Waals surface area contributed by atoms with Crippen LogP contribution in [0, 0.1) is 0 Å². The maximum atomic E-state index is 5.59. The summed E-state index contributed by atoms with van der Waals surface area (Å²) in [5.74, 6) is 1.71. The Bertz CT molecular complexity index is 344. The molecule has 2 heterocycles. The minimum absolute atomic E-state index is 0.284. The average molecular weight is 192 g/mol. The van der Waals surface area contributed by atoms with Crippen LogP contribution in [0.1, 0.15) is 18.1 Å². The Labute approximate surface area is 82.6 Å². The molecule has 1 saturated heterocycles. The van der Waals surface area contributed by atoms with Crippen LogP contribution in [0.15, 0.2) is 18.2 Å². The van der Waals surface area contributed by atoms with Gasteiger partial charge in [0, 0.05) is 6.42 Å². The summed E-state index contributed by atoms with van der Waals surface area (Å²) < 4.78 is 16.3. The molecule has 14 heavy (non-hydrogen) atoms. The average Bonchev–Trinajstić information content (AvgIpc) is 3.04. The van der Waals surface area contributed by atoms with Crippen LogP contribution in [0.3, 0.4) is 0 Å². The van der Waals surface area contributed by atoms with Crippen molar-refractivity contribution >= 4 is 0 Å². The normalized spacial score (nSPS) is 24.1. The highest BCUT2D eigenvalue weighted by Crippen LogP contribution is 2.37. The van der Waals surface area contributed by atoms with E-state index in [0.29, 0.717) is 0 Å².